The molecule has 1 N–H and O–H groups in total. The molecular formula is C12H17N7. The maximum atomic E-state index is 4.48. The van der Waals surface area contributed by atoms with E-state index in [0.717, 1.165) is 50.1 Å². The lowest BCUT2D eigenvalue weighted by Crippen LogP contribution is -2.34. The average molecular weight is 259 g/mol. The maximum absolute atomic E-state index is 4.48. The van der Waals surface area contributed by atoms with E-state index in [9.17, 15) is 0 Å². The van der Waals surface area contributed by atoms with E-state index in [0.29, 0.717) is 0 Å². The van der Waals surface area contributed by atoms with Gasteiger partial charge in [0.15, 0.2) is 5.82 Å². The summed E-state index contributed by atoms with van der Waals surface area (Å²) in [5.41, 5.74) is 0.964. The second kappa shape index (κ2) is 5.31. The summed E-state index contributed by atoms with van der Waals surface area (Å²) < 4.78 is 2.07. The predicted molar refractivity (Wildman–Crippen MR) is 70.5 cm³/mol. The van der Waals surface area contributed by atoms with Crippen LogP contribution in [0.4, 0.5) is 5.82 Å². The zero-order valence-electron chi connectivity index (χ0n) is 11.0. The van der Waals surface area contributed by atoms with Crippen LogP contribution < -0.4 is 10.2 Å². The zero-order chi connectivity index (χ0) is 13.1. The van der Waals surface area contributed by atoms with E-state index < -0.39 is 0 Å². The molecule has 1 aliphatic heterocycles. The van der Waals surface area contributed by atoms with E-state index in [2.05, 4.69) is 41.9 Å². The number of rotatable bonds is 4. The highest BCUT2D eigenvalue weighted by Gasteiger charge is 2.18. The lowest BCUT2D eigenvalue weighted by Gasteiger charge is -2.27. The van der Waals surface area contributed by atoms with E-state index in [1.54, 1.807) is 6.33 Å². The van der Waals surface area contributed by atoms with Crippen LogP contribution in [0.5, 0.6) is 0 Å². The summed E-state index contributed by atoms with van der Waals surface area (Å²) in [6.45, 7) is 6.31. The Bertz CT molecular complexity index is 533. The van der Waals surface area contributed by atoms with Crippen molar-refractivity contribution in [3.05, 3.63) is 30.2 Å². The van der Waals surface area contributed by atoms with Gasteiger partial charge in [-0.1, -0.05) is 6.92 Å². The first-order valence-electron chi connectivity index (χ1n) is 6.50. The number of nitrogens with zero attached hydrogens (tertiary/aromatic N) is 6. The Morgan fingerprint density at radius 1 is 1.26 bits per heavy atom. The van der Waals surface area contributed by atoms with Crippen molar-refractivity contribution in [3.63, 3.8) is 0 Å². The molecular weight excluding hydrogens is 242 g/mol. The van der Waals surface area contributed by atoms with Crippen LogP contribution in [0, 0.1) is 0 Å². The second-order valence-electron chi connectivity index (χ2n) is 4.51. The molecule has 3 heterocycles. The molecule has 7 nitrogen and oxygen atoms in total. The molecule has 0 radical (unpaired) electrons. The Balaban J connectivity index is 1.70. The van der Waals surface area contributed by atoms with Gasteiger partial charge >= 0.3 is 0 Å². The summed E-state index contributed by atoms with van der Waals surface area (Å²) in [7, 11) is 0. The normalized spacial score (nSPS) is 14.5. The third-order valence-corrected chi connectivity index (χ3v) is 3.21. The van der Waals surface area contributed by atoms with Crippen LogP contribution in [0.15, 0.2) is 18.7 Å². The Morgan fingerprint density at radius 2 is 2.21 bits per heavy atom. The zero-order valence-corrected chi connectivity index (χ0v) is 11.0. The van der Waals surface area contributed by atoms with E-state index in [4.69, 9.17) is 0 Å². The van der Waals surface area contributed by atoms with Crippen molar-refractivity contribution in [2.75, 3.05) is 18.0 Å². The number of anilines is 1. The van der Waals surface area contributed by atoms with Crippen molar-refractivity contribution in [2.24, 2.45) is 0 Å². The molecule has 100 valence electrons. The lowest BCUT2D eigenvalue weighted by atomic mass is 10.3. The Morgan fingerprint density at radius 3 is 3.00 bits per heavy atom. The monoisotopic (exact) mass is 259 g/mol. The molecule has 0 aliphatic carbocycles. The van der Waals surface area contributed by atoms with E-state index in [1.165, 1.54) is 0 Å². The third kappa shape index (κ3) is 2.55. The first kappa shape index (κ1) is 12.0. The molecule has 0 amide bonds. The first-order chi connectivity index (χ1) is 9.36. The quantitative estimate of drug-likeness (QED) is 0.845. The summed E-state index contributed by atoms with van der Waals surface area (Å²) in [5, 5.41) is 11.3. The van der Waals surface area contributed by atoms with E-state index >= 15 is 0 Å². The van der Waals surface area contributed by atoms with Gasteiger partial charge in [0.2, 0.25) is 0 Å². The number of hydrogen-bond acceptors (Lipinski definition) is 6. The van der Waals surface area contributed by atoms with Gasteiger partial charge < -0.3 is 14.8 Å². The third-order valence-electron chi connectivity index (χ3n) is 3.21. The Labute approximate surface area is 111 Å². The van der Waals surface area contributed by atoms with Gasteiger partial charge in [0, 0.05) is 19.6 Å². The molecule has 1 aliphatic rings. The predicted octanol–water partition coefficient (Wildman–Crippen LogP) is 0.198. The van der Waals surface area contributed by atoms with E-state index in [-0.39, 0.29) is 0 Å². The molecule has 0 atom stereocenters. The van der Waals surface area contributed by atoms with Crippen LogP contribution in [0.2, 0.25) is 0 Å². The van der Waals surface area contributed by atoms with E-state index in [1.807, 2.05) is 12.4 Å². The van der Waals surface area contributed by atoms with Crippen LogP contribution in [-0.4, -0.2) is 37.8 Å². The molecule has 0 saturated carbocycles. The topological polar surface area (TPSA) is 71.8 Å². The van der Waals surface area contributed by atoms with Gasteiger partial charge in [-0.15, -0.1) is 10.2 Å². The van der Waals surface area contributed by atoms with Crippen molar-refractivity contribution in [3.8, 4) is 0 Å². The van der Waals surface area contributed by atoms with Gasteiger partial charge in [0.05, 0.1) is 24.6 Å². The van der Waals surface area contributed by atoms with Crippen molar-refractivity contribution >= 4 is 5.82 Å². The summed E-state index contributed by atoms with van der Waals surface area (Å²) >= 11 is 0. The number of fused-ring (bicyclic) bond motifs is 1. The van der Waals surface area contributed by atoms with Gasteiger partial charge in [-0.3, -0.25) is 4.98 Å². The highest BCUT2D eigenvalue weighted by atomic mass is 15.3. The molecule has 7 heteroatoms. The standard InChI is InChI=1S/C12H17N7/c1-2-13-5-10-6-15-11(7-14-10)18-3-4-19-9-16-17-12(19)8-18/h6-7,9,13H,2-5,8H2,1H3. The van der Waals surface area contributed by atoms with Gasteiger partial charge in [0.1, 0.15) is 12.1 Å². The molecule has 0 saturated heterocycles. The van der Waals surface area contributed by atoms with Crippen LogP contribution in [-0.2, 0) is 19.6 Å². The summed E-state index contributed by atoms with van der Waals surface area (Å²) in [6.07, 6.45) is 5.44. The number of hydrogen-bond donors (Lipinski definition) is 1. The van der Waals surface area contributed by atoms with Crippen molar-refractivity contribution in [2.45, 2.75) is 26.6 Å². The summed E-state index contributed by atoms with van der Waals surface area (Å²) in [5.74, 6) is 1.87. The largest absolute Gasteiger partial charge is 0.346 e. The number of aromatic nitrogens is 5. The van der Waals surface area contributed by atoms with Crippen molar-refractivity contribution < 1.29 is 0 Å². The van der Waals surface area contributed by atoms with Crippen LogP contribution in [0.3, 0.4) is 0 Å². The molecule has 2 aromatic rings. The Kier molecular flexibility index (Phi) is 3.37. The van der Waals surface area contributed by atoms with Gasteiger partial charge in [-0.05, 0) is 6.54 Å². The minimum Gasteiger partial charge on any atom is -0.346 e. The van der Waals surface area contributed by atoms with Crippen LogP contribution >= 0.6 is 0 Å². The molecule has 19 heavy (non-hydrogen) atoms. The van der Waals surface area contributed by atoms with Crippen molar-refractivity contribution in [1.29, 1.82) is 0 Å². The van der Waals surface area contributed by atoms with Gasteiger partial charge in [-0.25, -0.2) is 4.98 Å². The number of nitrogens with one attached hydrogen (secondary N) is 1. The van der Waals surface area contributed by atoms with Gasteiger partial charge in [0.25, 0.3) is 0 Å². The maximum Gasteiger partial charge on any atom is 0.152 e. The lowest BCUT2D eigenvalue weighted by molar-refractivity contribution is 0.555. The fourth-order valence-electron chi connectivity index (χ4n) is 2.12. The highest BCUT2D eigenvalue weighted by molar-refractivity contribution is 5.36. The summed E-state index contributed by atoms with van der Waals surface area (Å²) in [6, 6.07) is 0. The molecule has 2 aromatic heterocycles. The van der Waals surface area contributed by atoms with Crippen molar-refractivity contribution in [1.82, 2.24) is 30.0 Å². The average Bonchev–Trinajstić information content (AvgIpc) is 2.93. The first-order valence-corrected chi connectivity index (χ1v) is 6.50. The SMILES string of the molecule is CCNCc1cnc(N2CCn3cnnc3C2)cn1. The smallest absolute Gasteiger partial charge is 0.152 e. The molecule has 0 bridgehead atoms. The minimum atomic E-state index is 0.737. The molecule has 0 aromatic carbocycles. The molecule has 3 rings (SSSR count). The van der Waals surface area contributed by atoms with Crippen LogP contribution in [0.25, 0.3) is 0 Å². The molecule has 0 fully saturated rings. The Hall–Kier alpha value is -2.02. The summed E-state index contributed by atoms with van der Waals surface area (Å²) in [4.78, 5) is 11.1. The fourth-order valence-corrected chi connectivity index (χ4v) is 2.12. The highest BCUT2D eigenvalue weighted by Crippen LogP contribution is 2.16. The van der Waals surface area contributed by atoms with Crippen LogP contribution in [0.1, 0.15) is 18.4 Å². The van der Waals surface area contributed by atoms with Gasteiger partial charge in [-0.2, -0.15) is 0 Å². The fraction of sp³-hybridized carbons (Fsp3) is 0.500. The molecule has 0 unspecified atom stereocenters. The second-order valence-corrected chi connectivity index (χ2v) is 4.51. The minimum absolute atomic E-state index is 0.737. The molecule has 0 spiro atoms.